The monoisotopic (exact) mass is 254 g/mol. The van der Waals surface area contributed by atoms with Gasteiger partial charge in [-0.1, -0.05) is 18.2 Å². The van der Waals surface area contributed by atoms with Gasteiger partial charge < -0.3 is 5.11 Å². The van der Waals surface area contributed by atoms with Crippen LogP contribution in [0.15, 0.2) is 29.2 Å². The summed E-state index contributed by atoms with van der Waals surface area (Å²) in [6, 6.07) is 8.48. The van der Waals surface area contributed by atoms with Gasteiger partial charge >= 0.3 is 5.97 Å². The van der Waals surface area contributed by atoms with Crippen LogP contribution in [0.25, 0.3) is 0 Å². The molecule has 0 bridgehead atoms. The molecule has 1 atom stereocenters. The van der Waals surface area contributed by atoms with Crippen LogP contribution in [0.3, 0.4) is 0 Å². The Hall–Kier alpha value is -0.610. The lowest BCUT2D eigenvalue weighted by Crippen LogP contribution is -2.08. The number of aliphatic carboxylic acids is 1. The fraction of sp³-hybridized carbons (Fsp3) is 0.417. The fourth-order valence-electron chi connectivity index (χ4n) is 1.69. The van der Waals surface area contributed by atoms with Crippen molar-refractivity contribution in [1.29, 1.82) is 0 Å². The van der Waals surface area contributed by atoms with Crippen molar-refractivity contribution in [1.82, 2.24) is 0 Å². The topological polar surface area (TPSA) is 37.3 Å². The Labute approximate surface area is 104 Å². The second-order valence-electron chi connectivity index (χ2n) is 3.71. The van der Waals surface area contributed by atoms with E-state index >= 15 is 0 Å². The minimum atomic E-state index is -0.700. The van der Waals surface area contributed by atoms with Crippen LogP contribution in [0.1, 0.15) is 18.4 Å². The summed E-state index contributed by atoms with van der Waals surface area (Å²) < 4.78 is 0.522. The molecule has 1 aromatic rings. The molecule has 0 saturated heterocycles. The maximum atomic E-state index is 10.4. The zero-order valence-electron chi connectivity index (χ0n) is 8.89. The highest BCUT2D eigenvalue weighted by molar-refractivity contribution is 8.17. The number of hydrogen-bond donors (Lipinski definition) is 1. The van der Waals surface area contributed by atoms with Gasteiger partial charge in [0.05, 0.1) is 11.0 Å². The molecule has 0 aromatic heterocycles. The predicted molar refractivity (Wildman–Crippen MR) is 69.1 cm³/mol. The lowest BCUT2D eigenvalue weighted by atomic mass is 10.1. The molecular formula is C12H14O2S2. The van der Waals surface area contributed by atoms with Crippen LogP contribution in [0.4, 0.5) is 0 Å². The smallest absolute Gasteiger partial charge is 0.304 e. The molecule has 1 aromatic carbocycles. The second-order valence-corrected chi connectivity index (χ2v) is 6.56. The van der Waals surface area contributed by atoms with Crippen LogP contribution in [-0.2, 0) is 11.2 Å². The summed E-state index contributed by atoms with van der Waals surface area (Å²) in [4.78, 5) is 11.8. The number of hydrogen-bond acceptors (Lipinski definition) is 3. The maximum Gasteiger partial charge on any atom is 0.304 e. The van der Waals surface area contributed by atoms with Crippen LogP contribution >= 0.6 is 23.5 Å². The van der Waals surface area contributed by atoms with Crippen LogP contribution in [0.5, 0.6) is 0 Å². The standard InChI is InChI=1S/C12H14O2S2/c13-11(14)7-8-15-12-6-5-9-3-1-2-4-10(9)16-12/h1-4,12H,5-8H2,(H,13,14). The Bertz CT molecular complexity index is 379. The third-order valence-electron chi connectivity index (χ3n) is 2.50. The Morgan fingerprint density at radius 2 is 2.31 bits per heavy atom. The molecule has 0 saturated carbocycles. The summed E-state index contributed by atoms with van der Waals surface area (Å²) in [7, 11) is 0. The normalized spacial score (nSPS) is 19.1. The highest BCUT2D eigenvalue weighted by atomic mass is 32.2. The van der Waals surface area contributed by atoms with Crippen LogP contribution < -0.4 is 0 Å². The highest BCUT2D eigenvalue weighted by Crippen LogP contribution is 2.40. The van der Waals surface area contributed by atoms with E-state index in [1.165, 1.54) is 10.5 Å². The highest BCUT2D eigenvalue weighted by Gasteiger charge is 2.19. The van der Waals surface area contributed by atoms with Gasteiger partial charge in [-0.2, -0.15) is 0 Å². The molecule has 1 aliphatic heterocycles. The average molecular weight is 254 g/mol. The van der Waals surface area contributed by atoms with E-state index in [0.717, 1.165) is 18.6 Å². The molecule has 0 fully saturated rings. The van der Waals surface area contributed by atoms with Gasteiger partial charge in [0.1, 0.15) is 0 Å². The molecule has 1 unspecified atom stereocenters. The first-order valence-corrected chi connectivity index (χ1v) is 7.26. The van der Waals surface area contributed by atoms with Crippen molar-refractivity contribution >= 4 is 29.5 Å². The Kier molecular flexibility index (Phi) is 4.18. The van der Waals surface area contributed by atoms with Crippen molar-refractivity contribution in [3.63, 3.8) is 0 Å². The van der Waals surface area contributed by atoms with Crippen molar-refractivity contribution in [2.24, 2.45) is 0 Å². The quantitative estimate of drug-likeness (QED) is 0.895. The third kappa shape index (κ3) is 3.19. The number of benzene rings is 1. The zero-order chi connectivity index (χ0) is 11.4. The van der Waals surface area contributed by atoms with Gasteiger partial charge in [-0.05, 0) is 24.5 Å². The molecule has 0 spiro atoms. The molecule has 0 amide bonds. The summed E-state index contributed by atoms with van der Waals surface area (Å²) >= 11 is 3.65. The number of carboxylic acids is 1. The van der Waals surface area contributed by atoms with Crippen molar-refractivity contribution in [3.8, 4) is 0 Å². The predicted octanol–water partition coefficient (Wildman–Crippen LogP) is 3.26. The molecule has 2 nitrogen and oxygen atoms in total. The Morgan fingerprint density at radius 1 is 1.50 bits per heavy atom. The number of carboxylic acid groups (broad SMARTS) is 1. The number of fused-ring (bicyclic) bond motifs is 1. The van der Waals surface area contributed by atoms with E-state index < -0.39 is 5.97 Å². The summed E-state index contributed by atoms with van der Waals surface area (Å²) in [6.45, 7) is 0. The molecular weight excluding hydrogens is 240 g/mol. The number of carbonyl (C=O) groups is 1. The van der Waals surface area contributed by atoms with Gasteiger partial charge in [-0.25, -0.2) is 0 Å². The van der Waals surface area contributed by atoms with Crippen molar-refractivity contribution < 1.29 is 9.90 Å². The summed E-state index contributed by atoms with van der Waals surface area (Å²) in [5, 5.41) is 8.58. The lowest BCUT2D eigenvalue weighted by Gasteiger charge is -2.23. The Morgan fingerprint density at radius 3 is 3.12 bits per heavy atom. The van der Waals surface area contributed by atoms with Crippen molar-refractivity contribution in [2.75, 3.05) is 5.75 Å². The first kappa shape index (κ1) is 11.9. The molecule has 0 aliphatic carbocycles. The molecule has 1 N–H and O–H groups in total. The molecule has 0 radical (unpaired) electrons. The number of rotatable bonds is 4. The first-order chi connectivity index (χ1) is 7.75. The van der Waals surface area contributed by atoms with E-state index in [9.17, 15) is 4.79 Å². The lowest BCUT2D eigenvalue weighted by molar-refractivity contribution is -0.136. The number of aryl methyl sites for hydroxylation is 1. The average Bonchev–Trinajstić information content (AvgIpc) is 2.28. The van der Waals surface area contributed by atoms with Gasteiger partial charge in [-0.3, -0.25) is 4.79 Å². The maximum absolute atomic E-state index is 10.4. The first-order valence-electron chi connectivity index (χ1n) is 5.33. The molecule has 16 heavy (non-hydrogen) atoms. The fourth-order valence-corrected chi connectivity index (χ4v) is 4.40. The largest absolute Gasteiger partial charge is 0.481 e. The molecule has 1 aliphatic rings. The summed E-state index contributed by atoms with van der Waals surface area (Å²) in [5.74, 6) is 0.0172. The van der Waals surface area contributed by atoms with Gasteiger partial charge in [-0.15, -0.1) is 23.5 Å². The van der Waals surface area contributed by atoms with Crippen LogP contribution in [-0.4, -0.2) is 21.4 Å². The SMILES string of the molecule is O=C(O)CCSC1CCc2ccccc2S1. The summed E-state index contributed by atoms with van der Waals surface area (Å²) in [5.41, 5.74) is 1.43. The molecule has 4 heteroatoms. The van der Waals surface area contributed by atoms with E-state index in [2.05, 4.69) is 24.3 Å². The molecule has 2 rings (SSSR count). The van der Waals surface area contributed by atoms with Crippen LogP contribution in [0, 0.1) is 0 Å². The Balaban J connectivity index is 1.86. The second kappa shape index (κ2) is 5.64. The van der Waals surface area contributed by atoms with E-state index in [4.69, 9.17) is 5.11 Å². The van der Waals surface area contributed by atoms with E-state index in [1.54, 1.807) is 11.8 Å². The van der Waals surface area contributed by atoms with Gasteiger partial charge in [0.25, 0.3) is 0 Å². The van der Waals surface area contributed by atoms with E-state index in [-0.39, 0.29) is 6.42 Å². The van der Waals surface area contributed by atoms with E-state index in [1.807, 2.05) is 11.8 Å². The minimum Gasteiger partial charge on any atom is -0.481 e. The van der Waals surface area contributed by atoms with Gasteiger partial charge in [0.2, 0.25) is 0 Å². The van der Waals surface area contributed by atoms with Crippen LogP contribution in [0.2, 0.25) is 0 Å². The van der Waals surface area contributed by atoms with Gasteiger partial charge in [0.15, 0.2) is 0 Å². The van der Waals surface area contributed by atoms with Gasteiger partial charge in [0, 0.05) is 10.6 Å². The van der Waals surface area contributed by atoms with Crippen molar-refractivity contribution in [3.05, 3.63) is 29.8 Å². The van der Waals surface area contributed by atoms with E-state index in [0.29, 0.717) is 4.58 Å². The van der Waals surface area contributed by atoms with Crippen molar-refractivity contribution in [2.45, 2.75) is 28.7 Å². The zero-order valence-corrected chi connectivity index (χ0v) is 10.5. The number of thioether (sulfide) groups is 2. The third-order valence-corrected chi connectivity index (χ3v) is 5.40. The molecule has 1 heterocycles. The minimum absolute atomic E-state index is 0.267. The summed E-state index contributed by atoms with van der Waals surface area (Å²) in [6.07, 6.45) is 2.53. The molecule has 86 valence electrons.